The minimum absolute atomic E-state index is 0.209. The van der Waals surface area contributed by atoms with Crippen molar-refractivity contribution in [3.05, 3.63) is 16.5 Å². The summed E-state index contributed by atoms with van der Waals surface area (Å²) >= 11 is 6.88. The van der Waals surface area contributed by atoms with Gasteiger partial charge in [0.2, 0.25) is 0 Å². The molecular weight excluding hydrogens is 360 g/mol. The highest BCUT2D eigenvalue weighted by Gasteiger charge is 2.53. The van der Waals surface area contributed by atoms with Crippen molar-refractivity contribution in [2.45, 2.75) is 29.5 Å². The maximum atomic E-state index is 12.8. The number of carboxylic acids is 1. The summed E-state index contributed by atoms with van der Waals surface area (Å²) in [6, 6.07) is 2.77. The molecule has 2 atom stereocenters. The second-order valence-electron chi connectivity index (χ2n) is 6.23. The second kappa shape index (κ2) is 6.00. The third kappa shape index (κ3) is 2.80. The van der Waals surface area contributed by atoms with Crippen LogP contribution in [0.5, 0.6) is 0 Å². The molecule has 0 spiro atoms. The quantitative estimate of drug-likeness (QED) is 0.869. The number of carboxylic acid groups (broad SMARTS) is 1. The van der Waals surface area contributed by atoms with Gasteiger partial charge in [-0.2, -0.15) is 4.31 Å². The molecule has 0 aliphatic carbocycles. The van der Waals surface area contributed by atoms with Crippen molar-refractivity contribution in [1.82, 2.24) is 9.21 Å². The number of rotatable bonds is 3. The molecule has 1 aromatic heterocycles. The van der Waals surface area contributed by atoms with Gasteiger partial charge in [-0.25, -0.2) is 8.42 Å². The number of fused-ring (bicyclic) bond motifs is 1. The van der Waals surface area contributed by atoms with Crippen LogP contribution in [0.3, 0.4) is 0 Å². The van der Waals surface area contributed by atoms with Crippen molar-refractivity contribution in [3.63, 3.8) is 0 Å². The average molecular weight is 379 g/mol. The number of thiophene rings is 1. The van der Waals surface area contributed by atoms with Crippen LogP contribution in [0.15, 0.2) is 16.3 Å². The van der Waals surface area contributed by atoms with E-state index in [0.29, 0.717) is 17.2 Å². The largest absolute Gasteiger partial charge is 0.481 e. The fraction of sp³-hybridized carbons (Fsp3) is 0.643. The highest BCUT2D eigenvalue weighted by molar-refractivity contribution is 7.91. The number of halogens is 1. The van der Waals surface area contributed by atoms with Crippen LogP contribution in [0, 0.1) is 5.41 Å². The number of aliphatic carboxylic acids is 1. The number of likely N-dealkylation sites (N-methyl/N-ethyl adjacent to an activating group) is 1. The molecule has 2 saturated heterocycles. The van der Waals surface area contributed by atoms with E-state index in [-0.39, 0.29) is 23.3 Å². The van der Waals surface area contributed by atoms with Gasteiger partial charge in [-0.3, -0.25) is 4.79 Å². The van der Waals surface area contributed by atoms with E-state index in [9.17, 15) is 18.3 Å². The molecule has 2 aliphatic heterocycles. The molecule has 0 bridgehead atoms. The molecule has 0 unspecified atom stereocenters. The first kappa shape index (κ1) is 17.2. The number of likely N-dealkylation sites (tertiary alicyclic amines) is 1. The van der Waals surface area contributed by atoms with Crippen molar-refractivity contribution < 1.29 is 18.3 Å². The molecule has 128 valence electrons. The van der Waals surface area contributed by atoms with Crippen molar-refractivity contribution in [2.75, 3.05) is 26.7 Å². The Morgan fingerprint density at radius 2 is 2.13 bits per heavy atom. The summed E-state index contributed by atoms with van der Waals surface area (Å²) in [5.74, 6) is -0.815. The molecule has 0 amide bonds. The number of hydrogen-bond donors (Lipinski definition) is 1. The Morgan fingerprint density at radius 1 is 1.39 bits per heavy atom. The zero-order valence-electron chi connectivity index (χ0n) is 12.7. The van der Waals surface area contributed by atoms with E-state index in [4.69, 9.17) is 11.6 Å². The van der Waals surface area contributed by atoms with Gasteiger partial charge in [0.05, 0.1) is 9.75 Å². The van der Waals surface area contributed by atoms with E-state index in [1.54, 1.807) is 6.07 Å². The second-order valence-corrected chi connectivity index (χ2v) is 10.1. The molecule has 2 fully saturated rings. The first-order valence-corrected chi connectivity index (χ1v) is 10.1. The Morgan fingerprint density at radius 3 is 2.74 bits per heavy atom. The smallest absolute Gasteiger partial charge is 0.311 e. The molecule has 6 nitrogen and oxygen atoms in total. The third-order valence-electron chi connectivity index (χ3n) is 5.06. The SMILES string of the molecule is CN1CCC[C@]2(C(=O)O)CCN(S(=O)(=O)c3ccc(Cl)s3)C[C@@H]12. The van der Waals surface area contributed by atoms with Gasteiger partial charge in [0.1, 0.15) is 4.21 Å². The van der Waals surface area contributed by atoms with Crippen LogP contribution in [0.4, 0.5) is 0 Å². The summed E-state index contributed by atoms with van der Waals surface area (Å²) in [4.78, 5) is 13.9. The van der Waals surface area contributed by atoms with Gasteiger partial charge in [0.25, 0.3) is 10.0 Å². The first-order valence-electron chi connectivity index (χ1n) is 7.46. The molecule has 0 aromatic carbocycles. The standard InChI is InChI=1S/C14H19ClN2O4S2/c1-16-7-2-5-14(13(18)19)6-8-17(9-10(14)16)23(20,21)12-4-3-11(15)22-12/h3-4,10H,2,5-9H2,1H3,(H,18,19)/t10-,14+/m1/s1. The summed E-state index contributed by atoms with van der Waals surface area (Å²) in [7, 11) is -1.75. The van der Waals surface area contributed by atoms with Crippen LogP contribution in [0.2, 0.25) is 4.34 Å². The maximum Gasteiger partial charge on any atom is 0.311 e. The Kier molecular flexibility index (Phi) is 4.48. The van der Waals surface area contributed by atoms with Crippen LogP contribution in [0.25, 0.3) is 0 Å². The maximum absolute atomic E-state index is 12.8. The van der Waals surface area contributed by atoms with Crippen LogP contribution in [0.1, 0.15) is 19.3 Å². The van der Waals surface area contributed by atoms with Crippen molar-refractivity contribution in [1.29, 1.82) is 0 Å². The highest BCUT2D eigenvalue weighted by atomic mass is 35.5. The lowest BCUT2D eigenvalue weighted by molar-refractivity contribution is -0.160. The highest BCUT2D eigenvalue weighted by Crippen LogP contribution is 2.43. The van der Waals surface area contributed by atoms with Crippen LogP contribution in [-0.4, -0.2) is 61.4 Å². The Labute approximate surface area is 144 Å². The van der Waals surface area contributed by atoms with E-state index in [0.717, 1.165) is 24.3 Å². The van der Waals surface area contributed by atoms with Gasteiger partial charge >= 0.3 is 5.97 Å². The molecule has 0 radical (unpaired) electrons. The number of sulfonamides is 1. The van der Waals surface area contributed by atoms with Crippen LogP contribution < -0.4 is 0 Å². The monoisotopic (exact) mass is 378 g/mol. The normalized spacial score (nSPS) is 30.1. The summed E-state index contributed by atoms with van der Waals surface area (Å²) in [5.41, 5.74) is -0.841. The lowest BCUT2D eigenvalue weighted by Crippen LogP contribution is -2.63. The van der Waals surface area contributed by atoms with E-state index < -0.39 is 21.4 Å². The summed E-state index contributed by atoms with van der Waals surface area (Å²) in [6.07, 6.45) is 1.78. The molecule has 3 heterocycles. The molecule has 1 N–H and O–H groups in total. The number of carbonyl (C=O) groups is 1. The minimum atomic E-state index is -3.62. The van der Waals surface area contributed by atoms with Crippen LogP contribution in [-0.2, 0) is 14.8 Å². The van der Waals surface area contributed by atoms with E-state index in [1.165, 1.54) is 10.4 Å². The minimum Gasteiger partial charge on any atom is -0.481 e. The van der Waals surface area contributed by atoms with E-state index in [1.807, 2.05) is 11.9 Å². The Hall–Kier alpha value is -0.670. The van der Waals surface area contributed by atoms with Gasteiger partial charge in [-0.15, -0.1) is 11.3 Å². The van der Waals surface area contributed by atoms with E-state index >= 15 is 0 Å². The third-order valence-corrected chi connectivity index (χ3v) is 8.62. The molecule has 23 heavy (non-hydrogen) atoms. The summed E-state index contributed by atoms with van der Waals surface area (Å²) in [6.45, 7) is 1.23. The fourth-order valence-corrected chi connectivity index (χ4v) is 6.82. The predicted octanol–water partition coefficient (Wildman–Crippen LogP) is 1.96. The number of hydrogen-bond acceptors (Lipinski definition) is 5. The molecule has 3 rings (SSSR count). The topological polar surface area (TPSA) is 77.9 Å². The van der Waals surface area contributed by atoms with Gasteiger partial charge in [-0.05, 0) is 45.0 Å². The van der Waals surface area contributed by atoms with E-state index in [2.05, 4.69) is 0 Å². The lowest BCUT2D eigenvalue weighted by atomic mass is 9.69. The number of nitrogens with zero attached hydrogens (tertiary/aromatic N) is 2. The van der Waals surface area contributed by atoms with Crippen molar-refractivity contribution in [2.24, 2.45) is 5.41 Å². The van der Waals surface area contributed by atoms with Crippen molar-refractivity contribution in [3.8, 4) is 0 Å². The van der Waals surface area contributed by atoms with Gasteiger partial charge in [-0.1, -0.05) is 11.6 Å². The summed E-state index contributed by atoms with van der Waals surface area (Å²) in [5, 5.41) is 9.74. The van der Waals surface area contributed by atoms with Gasteiger partial charge in [0, 0.05) is 19.1 Å². The Bertz CT molecular complexity index is 720. The molecule has 1 aromatic rings. The first-order chi connectivity index (χ1) is 10.8. The van der Waals surface area contributed by atoms with Gasteiger partial charge in [0.15, 0.2) is 0 Å². The van der Waals surface area contributed by atoms with Crippen LogP contribution >= 0.6 is 22.9 Å². The number of piperidine rings is 2. The predicted molar refractivity (Wildman–Crippen MR) is 88.4 cm³/mol. The molecule has 9 heteroatoms. The summed E-state index contributed by atoms with van der Waals surface area (Å²) < 4.78 is 27.6. The Balaban J connectivity index is 1.90. The zero-order valence-corrected chi connectivity index (χ0v) is 15.1. The van der Waals surface area contributed by atoms with Gasteiger partial charge < -0.3 is 10.0 Å². The fourth-order valence-electron chi connectivity index (χ4n) is 3.74. The zero-order chi connectivity index (χ0) is 16.8. The lowest BCUT2D eigenvalue weighted by Gasteiger charge is -2.51. The average Bonchev–Trinajstić information content (AvgIpc) is 2.94. The van der Waals surface area contributed by atoms with Crippen molar-refractivity contribution >= 4 is 38.9 Å². The molecule has 0 saturated carbocycles. The molecule has 2 aliphatic rings. The molecular formula is C14H19ClN2O4S2.